The van der Waals surface area contributed by atoms with Gasteiger partial charge in [0.25, 0.3) is 0 Å². The van der Waals surface area contributed by atoms with E-state index in [1.165, 1.54) is 18.4 Å². The second kappa shape index (κ2) is 6.64. The molecule has 2 N–H and O–H groups in total. The summed E-state index contributed by atoms with van der Waals surface area (Å²) in [7, 11) is 0. The second-order valence-electron chi connectivity index (χ2n) is 5.34. The number of hydrogen-bond acceptors (Lipinski definition) is 4. The first-order chi connectivity index (χ1) is 10.3. The fourth-order valence-electron chi connectivity index (χ4n) is 2.31. The van der Waals surface area contributed by atoms with Crippen LogP contribution in [0.5, 0.6) is 0 Å². The number of aliphatic hydroxyl groups is 1. The predicted octanol–water partition coefficient (Wildman–Crippen LogP) is 2.52. The number of aliphatic hydroxyl groups excluding tert-OH is 1. The molecule has 0 amide bonds. The minimum atomic E-state index is 0.180. The molecular formula is C16H21N3OS. The van der Waals surface area contributed by atoms with Crippen LogP contribution in [-0.4, -0.2) is 33.3 Å². The maximum Gasteiger partial charge on any atom is 0.105 e. The van der Waals surface area contributed by atoms with Crippen molar-refractivity contribution in [1.29, 1.82) is 0 Å². The Kier molecular flexibility index (Phi) is 4.63. The van der Waals surface area contributed by atoms with Crippen LogP contribution in [0, 0.1) is 6.92 Å². The van der Waals surface area contributed by atoms with Crippen molar-refractivity contribution in [2.24, 2.45) is 0 Å². The summed E-state index contributed by atoms with van der Waals surface area (Å²) in [6.07, 6.45) is 2.57. The summed E-state index contributed by atoms with van der Waals surface area (Å²) in [5.74, 6) is 0.689. The van der Waals surface area contributed by atoms with Crippen molar-refractivity contribution in [3.05, 3.63) is 41.6 Å². The number of hydrogen-bond donors (Lipinski definition) is 2. The normalized spacial score (nSPS) is 14.6. The molecule has 2 aromatic rings. The average Bonchev–Trinajstić information content (AvgIpc) is 3.28. The van der Waals surface area contributed by atoms with Crippen LogP contribution in [-0.2, 0) is 6.54 Å². The molecule has 5 heteroatoms. The molecule has 1 aromatic heterocycles. The Bertz CT molecular complexity index is 593. The molecule has 1 fully saturated rings. The fourth-order valence-corrected chi connectivity index (χ4v) is 3.26. The lowest BCUT2D eigenvalue weighted by molar-refractivity contribution is 0.322. The molecule has 21 heavy (non-hydrogen) atoms. The lowest BCUT2D eigenvalue weighted by Crippen LogP contribution is -2.16. The van der Waals surface area contributed by atoms with E-state index in [1.54, 1.807) is 11.8 Å². The van der Waals surface area contributed by atoms with Crippen molar-refractivity contribution in [2.45, 2.75) is 37.4 Å². The highest BCUT2D eigenvalue weighted by molar-refractivity contribution is 7.99. The van der Waals surface area contributed by atoms with E-state index in [0.717, 1.165) is 23.0 Å². The van der Waals surface area contributed by atoms with Crippen molar-refractivity contribution in [3.63, 3.8) is 0 Å². The van der Waals surface area contributed by atoms with Crippen LogP contribution in [0.2, 0.25) is 0 Å². The van der Waals surface area contributed by atoms with E-state index >= 15 is 0 Å². The zero-order chi connectivity index (χ0) is 14.7. The van der Waals surface area contributed by atoms with Crippen molar-refractivity contribution < 1.29 is 5.11 Å². The Morgan fingerprint density at radius 1 is 1.33 bits per heavy atom. The first-order valence-corrected chi connectivity index (χ1v) is 8.39. The third kappa shape index (κ3) is 3.48. The van der Waals surface area contributed by atoms with E-state index in [0.29, 0.717) is 11.8 Å². The number of aryl methyl sites for hydroxylation is 1. The molecule has 0 aliphatic heterocycles. The number of rotatable bonds is 7. The van der Waals surface area contributed by atoms with E-state index in [-0.39, 0.29) is 6.61 Å². The maximum atomic E-state index is 9.15. The highest BCUT2D eigenvalue weighted by Crippen LogP contribution is 2.29. The molecule has 1 heterocycles. The van der Waals surface area contributed by atoms with Gasteiger partial charge in [0, 0.05) is 23.9 Å². The van der Waals surface area contributed by atoms with E-state index in [4.69, 9.17) is 10.2 Å². The molecule has 1 aliphatic carbocycles. The number of nitrogens with zero attached hydrogens (tertiary/aromatic N) is 2. The molecule has 1 aromatic carbocycles. The Balaban J connectivity index is 1.91. The average molecular weight is 303 g/mol. The van der Waals surface area contributed by atoms with Crippen molar-refractivity contribution in [2.75, 3.05) is 12.4 Å². The van der Waals surface area contributed by atoms with Crippen molar-refractivity contribution >= 4 is 11.8 Å². The summed E-state index contributed by atoms with van der Waals surface area (Å²) in [5.41, 5.74) is 3.38. The Morgan fingerprint density at radius 3 is 2.76 bits per heavy atom. The molecule has 1 saturated carbocycles. The number of aromatic nitrogens is 2. The zero-order valence-electron chi connectivity index (χ0n) is 12.2. The van der Waals surface area contributed by atoms with Crippen LogP contribution in [0.15, 0.2) is 35.4 Å². The van der Waals surface area contributed by atoms with Gasteiger partial charge in [-0.2, -0.15) is 5.10 Å². The van der Waals surface area contributed by atoms with E-state index in [9.17, 15) is 0 Å². The van der Waals surface area contributed by atoms with Crippen LogP contribution >= 0.6 is 11.8 Å². The van der Waals surface area contributed by atoms with Gasteiger partial charge < -0.3 is 10.4 Å². The lowest BCUT2D eigenvalue weighted by Gasteiger charge is -2.09. The van der Waals surface area contributed by atoms with Gasteiger partial charge in [0.2, 0.25) is 0 Å². The minimum absolute atomic E-state index is 0.180. The molecular weight excluding hydrogens is 282 g/mol. The zero-order valence-corrected chi connectivity index (χ0v) is 13.1. The summed E-state index contributed by atoms with van der Waals surface area (Å²) in [6.45, 7) is 3.10. The van der Waals surface area contributed by atoms with Gasteiger partial charge in [-0.25, -0.2) is 4.68 Å². The van der Waals surface area contributed by atoms with Gasteiger partial charge in [0.15, 0.2) is 0 Å². The van der Waals surface area contributed by atoms with Crippen LogP contribution in [0.1, 0.15) is 24.1 Å². The SMILES string of the molecule is Cc1nn(-c2ccccc2)c(SCCO)c1CNC1CC1. The highest BCUT2D eigenvalue weighted by Gasteiger charge is 2.23. The van der Waals surface area contributed by atoms with Crippen LogP contribution in [0.4, 0.5) is 0 Å². The summed E-state index contributed by atoms with van der Waals surface area (Å²) >= 11 is 1.67. The third-order valence-electron chi connectivity index (χ3n) is 3.61. The van der Waals surface area contributed by atoms with E-state index in [2.05, 4.69) is 24.4 Å². The van der Waals surface area contributed by atoms with Gasteiger partial charge in [0.05, 0.1) is 18.0 Å². The van der Waals surface area contributed by atoms with Crippen LogP contribution < -0.4 is 5.32 Å². The van der Waals surface area contributed by atoms with Gasteiger partial charge in [0.1, 0.15) is 5.03 Å². The quantitative estimate of drug-likeness (QED) is 0.772. The number of thioether (sulfide) groups is 1. The summed E-state index contributed by atoms with van der Waals surface area (Å²) in [4.78, 5) is 0. The third-order valence-corrected chi connectivity index (χ3v) is 4.69. The molecule has 0 radical (unpaired) electrons. The Hall–Kier alpha value is -1.30. The molecule has 0 spiro atoms. The standard InChI is InChI=1S/C16H21N3OS/c1-12-15(11-17-13-7-8-13)16(21-10-9-20)19(18-12)14-5-3-2-4-6-14/h2-6,13,17,20H,7-11H2,1H3. The largest absolute Gasteiger partial charge is 0.396 e. The van der Waals surface area contributed by atoms with Crippen LogP contribution in [0.3, 0.4) is 0 Å². The molecule has 0 unspecified atom stereocenters. The Morgan fingerprint density at radius 2 is 2.10 bits per heavy atom. The van der Waals surface area contributed by atoms with Gasteiger partial charge >= 0.3 is 0 Å². The van der Waals surface area contributed by atoms with Crippen molar-refractivity contribution in [3.8, 4) is 5.69 Å². The molecule has 0 saturated heterocycles. The molecule has 4 nitrogen and oxygen atoms in total. The van der Waals surface area contributed by atoms with Gasteiger partial charge in [-0.1, -0.05) is 18.2 Å². The Labute approximate surface area is 129 Å². The molecule has 1 aliphatic rings. The van der Waals surface area contributed by atoms with Gasteiger partial charge in [-0.15, -0.1) is 11.8 Å². The number of nitrogens with one attached hydrogen (secondary N) is 1. The molecule has 112 valence electrons. The first kappa shape index (κ1) is 14.6. The van der Waals surface area contributed by atoms with Crippen LogP contribution in [0.25, 0.3) is 5.69 Å². The summed E-state index contributed by atoms with van der Waals surface area (Å²) < 4.78 is 2.00. The van der Waals surface area contributed by atoms with E-state index in [1.807, 2.05) is 22.9 Å². The fraction of sp³-hybridized carbons (Fsp3) is 0.438. The minimum Gasteiger partial charge on any atom is -0.396 e. The monoisotopic (exact) mass is 303 g/mol. The first-order valence-electron chi connectivity index (χ1n) is 7.40. The summed E-state index contributed by atoms with van der Waals surface area (Å²) in [6, 6.07) is 10.9. The predicted molar refractivity (Wildman–Crippen MR) is 86.0 cm³/mol. The molecule has 0 atom stereocenters. The van der Waals surface area contributed by atoms with E-state index < -0.39 is 0 Å². The summed E-state index contributed by atoms with van der Waals surface area (Å²) in [5, 5.41) is 18.6. The number of para-hydroxylation sites is 1. The highest BCUT2D eigenvalue weighted by atomic mass is 32.2. The maximum absolute atomic E-state index is 9.15. The topological polar surface area (TPSA) is 50.1 Å². The number of benzene rings is 1. The van der Waals surface area contributed by atoms with Gasteiger partial charge in [-0.05, 0) is 31.9 Å². The second-order valence-corrected chi connectivity index (χ2v) is 6.43. The van der Waals surface area contributed by atoms with Gasteiger partial charge in [-0.3, -0.25) is 0 Å². The molecule has 0 bridgehead atoms. The smallest absolute Gasteiger partial charge is 0.105 e. The van der Waals surface area contributed by atoms with Crippen molar-refractivity contribution in [1.82, 2.24) is 15.1 Å². The molecule has 3 rings (SSSR count). The lowest BCUT2D eigenvalue weighted by atomic mass is 10.2.